The van der Waals surface area contributed by atoms with E-state index in [0.29, 0.717) is 0 Å². The molecule has 2 aliphatic rings. The second kappa shape index (κ2) is 6.75. The summed E-state index contributed by atoms with van der Waals surface area (Å²) in [7, 11) is 2.10. The summed E-state index contributed by atoms with van der Waals surface area (Å²) in [4.78, 5) is 2.82. The quantitative estimate of drug-likeness (QED) is 0.810. The number of nitrogens with zero attached hydrogens (tertiary/aromatic N) is 1. The molecule has 1 saturated carbocycles. The lowest BCUT2D eigenvalue weighted by Gasteiger charge is -2.44. The second-order valence-corrected chi connectivity index (χ2v) is 6.08. The van der Waals surface area contributed by atoms with Crippen LogP contribution in [0.2, 0.25) is 0 Å². The summed E-state index contributed by atoms with van der Waals surface area (Å²) in [5, 5.41) is 3.38. The molecule has 0 aromatic heterocycles. The van der Waals surface area contributed by atoms with Crippen molar-refractivity contribution in [1.82, 2.24) is 10.2 Å². The van der Waals surface area contributed by atoms with Crippen molar-refractivity contribution in [3.8, 4) is 0 Å². The van der Waals surface area contributed by atoms with Gasteiger partial charge >= 0.3 is 0 Å². The summed E-state index contributed by atoms with van der Waals surface area (Å²) < 4.78 is 0. The molecule has 0 spiro atoms. The molecule has 0 bridgehead atoms. The van der Waals surface area contributed by atoms with Gasteiger partial charge in [0.15, 0.2) is 0 Å². The molecule has 2 rings (SSSR count). The Morgan fingerprint density at radius 1 is 1.06 bits per heavy atom. The minimum absolute atomic E-state index is 0.797. The molecule has 1 heterocycles. The SMILES string of the molecule is CNCC1CCCCN1C(C)C1CCCCC1. The van der Waals surface area contributed by atoms with Crippen LogP contribution in [0.15, 0.2) is 0 Å². The normalized spacial score (nSPS) is 30.4. The van der Waals surface area contributed by atoms with Gasteiger partial charge < -0.3 is 5.32 Å². The molecule has 1 aliphatic carbocycles. The molecule has 1 saturated heterocycles. The summed E-state index contributed by atoms with van der Waals surface area (Å²) in [6, 6.07) is 1.61. The highest BCUT2D eigenvalue weighted by Crippen LogP contribution is 2.31. The second-order valence-electron chi connectivity index (χ2n) is 6.08. The summed E-state index contributed by atoms with van der Waals surface area (Å²) in [6.07, 6.45) is 11.6. The first-order valence-corrected chi connectivity index (χ1v) is 7.73. The Hall–Kier alpha value is -0.0800. The molecule has 100 valence electrons. The Bertz CT molecular complexity index is 209. The van der Waals surface area contributed by atoms with Crippen LogP contribution in [0.3, 0.4) is 0 Å². The first-order valence-electron chi connectivity index (χ1n) is 7.73. The number of hydrogen-bond donors (Lipinski definition) is 1. The van der Waals surface area contributed by atoms with Gasteiger partial charge in [-0.1, -0.05) is 25.7 Å². The number of rotatable bonds is 4. The molecule has 2 fully saturated rings. The van der Waals surface area contributed by atoms with Gasteiger partial charge in [-0.25, -0.2) is 0 Å². The third kappa shape index (κ3) is 3.45. The standard InChI is InChI=1S/C15H30N2/c1-13(14-8-4-3-5-9-14)17-11-7-6-10-15(17)12-16-2/h13-16H,3-12H2,1-2H3. The van der Waals surface area contributed by atoms with E-state index in [1.54, 1.807) is 0 Å². The number of likely N-dealkylation sites (N-methyl/N-ethyl adjacent to an activating group) is 1. The van der Waals surface area contributed by atoms with E-state index in [-0.39, 0.29) is 0 Å². The van der Waals surface area contributed by atoms with Crippen LogP contribution < -0.4 is 5.32 Å². The van der Waals surface area contributed by atoms with Crippen molar-refractivity contribution in [2.75, 3.05) is 20.1 Å². The lowest BCUT2D eigenvalue weighted by atomic mass is 9.82. The van der Waals surface area contributed by atoms with Crippen LogP contribution in [0.4, 0.5) is 0 Å². The number of piperidine rings is 1. The minimum atomic E-state index is 0.797. The van der Waals surface area contributed by atoms with Crippen molar-refractivity contribution in [3.05, 3.63) is 0 Å². The smallest absolute Gasteiger partial charge is 0.0223 e. The minimum Gasteiger partial charge on any atom is -0.318 e. The van der Waals surface area contributed by atoms with Gasteiger partial charge in [0.25, 0.3) is 0 Å². The van der Waals surface area contributed by atoms with Gasteiger partial charge in [-0.2, -0.15) is 0 Å². The first-order chi connectivity index (χ1) is 8.33. The van der Waals surface area contributed by atoms with Crippen LogP contribution >= 0.6 is 0 Å². The maximum atomic E-state index is 3.38. The van der Waals surface area contributed by atoms with Gasteiger partial charge in [-0.15, -0.1) is 0 Å². The maximum Gasteiger partial charge on any atom is 0.0223 e. The van der Waals surface area contributed by atoms with Crippen LogP contribution in [0.1, 0.15) is 58.3 Å². The molecule has 2 nitrogen and oxygen atoms in total. The van der Waals surface area contributed by atoms with Crippen LogP contribution in [0, 0.1) is 5.92 Å². The lowest BCUT2D eigenvalue weighted by Crippen LogP contribution is -2.51. The number of nitrogens with one attached hydrogen (secondary N) is 1. The topological polar surface area (TPSA) is 15.3 Å². The van der Waals surface area contributed by atoms with Gasteiger partial charge in [0.2, 0.25) is 0 Å². The van der Waals surface area contributed by atoms with Gasteiger partial charge in [-0.05, 0) is 52.1 Å². The van der Waals surface area contributed by atoms with Crippen LogP contribution in [-0.2, 0) is 0 Å². The molecule has 1 aliphatic heterocycles. The van der Waals surface area contributed by atoms with E-state index in [1.165, 1.54) is 64.5 Å². The molecule has 17 heavy (non-hydrogen) atoms. The average molecular weight is 238 g/mol. The fourth-order valence-electron chi connectivity index (χ4n) is 3.90. The molecule has 0 aromatic carbocycles. The molecule has 0 radical (unpaired) electrons. The van der Waals surface area contributed by atoms with Crippen molar-refractivity contribution in [1.29, 1.82) is 0 Å². The largest absolute Gasteiger partial charge is 0.318 e. The van der Waals surface area contributed by atoms with Crippen LogP contribution in [0.5, 0.6) is 0 Å². The van der Waals surface area contributed by atoms with E-state index in [4.69, 9.17) is 0 Å². The summed E-state index contributed by atoms with van der Waals surface area (Å²) in [5.41, 5.74) is 0. The molecule has 2 unspecified atom stereocenters. The van der Waals surface area contributed by atoms with Crippen molar-refractivity contribution >= 4 is 0 Å². The van der Waals surface area contributed by atoms with Gasteiger partial charge in [0.1, 0.15) is 0 Å². The van der Waals surface area contributed by atoms with Crippen molar-refractivity contribution in [3.63, 3.8) is 0 Å². The Balaban J connectivity index is 1.92. The first kappa shape index (κ1) is 13.4. The monoisotopic (exact) mass is 238 g/mol. The van der Waals surface area contributed by atoms with E-state index < -0.39 is 0 Å². The summed E-state index contributed by atoms with van der Waals surface area (Å²) in [5.74, 6) is 0.973. The van der Waals surface area contributed by atoms with Gasteiger partial charge in [0.05, 0.1) is 0 Å². The zero-order valence-electron chi connectivity index (χ0n) is 11.8. The van der Waals surface area contributed by atoms with Crippen molar-refractivity contribution < 1.29 is 0 Å². The van der Waals surface area contributed by atoms with Gasteiger partial charge in [0, 0.05) is 18.6 Å². The van der Waals surface area contributed by atoms with E-state index in [9.17, 15) is 0 Å². The predicted octanol–water partition coefficient (Wildman–Crippen LogP) is 3.03. The van der Waals surface area contributed by atoms with Crippen molar-refractivity contribution in [2.45, 2.75) is 70.4 Å². The molecule has 2 heteroatoms. The number of hydrogen-bond acceptors (Lipinski definition) is 2. The lowest BCUT2D eigenvalue weighted by molar-refractivity contribution is 0.0588. The third-order valence-corrected chi connectivity index (χ3v) is 4.97. The van der Waals surface area contributed by atoms with Crippen LogP contribution in [0.25, 0.3) is 0 Å². The molecule has 1 N–H and O–H groups in total. The Labute approximate surface area is 107 Å². The van der Waals surface area contributed by atoms with Crippen molar-refractivity contribution in [2.24, 2.45) is 5.92 Å². The Morgan fingerprint density at radius 3 is 2.47 bits per heavy atom. The Kier molecular flexibility index (Phi) is 5.30. The molecule has 2 atom stereocenters. The molecular weight excluding hydrogens is 208 g/mol. The zero-order chi connectivity index (χ0) is 12.1. The summed E-state index contributed by atoms with van der Waals surface area (Å²) in [6.45, 7) is 5.00. The van der Waals surface area contributed by atoms with E-state index in [1.807, 2.05) is 0 Å². The molecule has 0 amide bonds. The Morgan fingerprint density at radius 2 is 1.76 bits per heavy atom. The van der Waals surface area contributed by atoms with E-state index >= 15 is 0 Å². The van der Waals surface area contributed by atoms with Crippen LogP contribution in [-0.4, -0.2) is 37.1 Å². The van der Waals surface area contributed by atoms with E-state index in [0.717, 1.165) is 18.0 Å². The predicted molar refractivity (Wildman–Crippen MR) is 74.3 cm³/mol. The highest BCUT2D eigenvalue weighted by Gasteiger charge is 2.30. The zero-order valence-corrected chi connectivity index (χ0v) is 11.8. The maximum absolute atomic E-state index is 3.38. The highest BCUT2D eigenvalue weighted by atomic mass is 15.2. The van der Waals surface area contributed by atoms with Gasteiger partial charge in [-0.3, -0.25) is 4.90 Å². The molecule has 0 aromatic rings. The fourth-order valence-corrected chi connectivity index (χ4v) is 3.90. The third-order valence-electron chi connectivity index (χ3n) is 4.97. The fraction of sp³-hybridized carbons (Fsp3) is 1.00. The average Bonchev–Trinajstić information content (AvgIpc) is 2.40. The summed E-state index contributed by atoms with van der Waals surface area (Å²) >= 11 is 0. The molecular formula is C15H30N2. The number of likely N-dealkylation sites (tertiary alicyclic amines) is 1. The van der Waals surface area contributed by atoms with E-state index in [2.05, 4.69) is 24.2 Å². The highest BCUT2D eigenvalue weighted by molar-refractivity contribution is 4.86.